The zero-order chi connectivity index (χ0) is 11.6. The molecule has 0 spiro atoms. The normalized spacial score (nSPS) is 11.2. The summed E-state index contributed by atoms with van der Waals surface area (Å²) in [6.45, 7) is 8.35. The number of aryl methyl sites for hydroxylation is 1. The van der Waals surface area contributed by atoms with Gasteiger partial charge in [0.25, 0.3) is 0 Å². The predicted octanol–water partition coefficient (Wildman–Crippen LogP) is 2.84. The maximum absolute atomic E-state index is 5.69. The van der Waals surface area contributed by atoms with Crippen LogP contribution in [0.2, 0.25) is 0 Å². The van der Waals surface area contributed by atoms with Crippen LogP contribution in [0.25, 0.3) is 0 Å². The quantitative estimate of drug-likeness (QED) is 0.756. The second-order valence-electron chi connectivity index (χ2n) is 4.79. The van der Waals surface area contributed by atoms with Gasteiger partial charge in [-0.25, -0.2) is 0 Å². The highest BCUT2D eigenvalue weighted by Crippen LogP contribution is 2.21. The van der Waals surface area contributed by atoms with Gasteiger partial charge in [-0.1, -0.05) is 23.8 Å². The van der Waals surface area contributed by atoms with Crippen LogP contribution in [0.3, 0.4) is 0 Å². The highest BCUT2D eigenvalue weighted by atomic mass is 32.1. The lowest BCUT2D eigenvalue weighted by atomic mass is 10.0. The summed E-state index contributed by atoms with van der Waals surface area (Å²) in [7, 11) is 0. The van der Waals surface area contributed by atoms with E-state index in [9.17, 15) is 0 Å². The highest BCUT2D eigenvalue weighted by molar-refractivity contribution is 7.80. The van der Waals surface area contributed by atoms with Crippen molar-refractivity contribution in [3.8, 4) is 0 Å². The molecule has 0 amide bonds. The molecule has 15 heavy (non-hydrogen) atoms. The van der Waals surface area contributed by atoms with Crippen LogP contribution in [0, 0.1) is 6.92 Å². The van der Waals surface area contributed by atoms with Gasteiger partial charge in [-0.15, -0.1) is 0 Å². The Morgan fingerprint density at radius 2 is 1.93 bits per heavy atom. The van der Waals surface area contributed by atoms with E-state index in [0.29, 0.717) is 4.99 Å². The number of hydrogen-bond donors (Lipinski definition) is 2. The van der Waals surface area contributed by atoms with E-state index in [1.54, 1.807) is 0 Å². The number of thiocarbonyl (C=S) groups is 1. The molecule has 1 rings (SSSR count). The summed E-state index contributed by atoms with van der Waals surface area (Å²) in [5, 5.41) is 3.39. The van der Waals surface area contributed by atoms with Crippen molar-refractivity contribution in [2.45, 2.75) is 33.2 Å². The molecule has 0 unspecified atom stereocenters. The van der Waals surface area contributed by atoms with Gasteiger partial charge in [-0.2, -0.15) is 0 Å². The molecule has 1 aromatic carbocycles. The minimum absolute atomic E-state index is 0.00872. The first-order valence-electron chi connectivity index (χ1n) is 4.98. The van der Waals surface area contributed by atoms with Gasteiger partial charge in [-0.3, -0.25) is 0 Å². The average molecular weight is 222 g/mol. The Hall–Kier alpha value is -1.09. The van der Waals surface area contributed by atoms with E-state index in [0.717, 1.165) is 16.8 Å². The van der Waals surface area contributed by atoms with E-state index in [4.69, 9.17) is 18.0 Å². The summed E-state index contributed by atoms with van der Waals surface area (Å²) in [6.07, 6.45) is 0. The summed E-state index contributed by atoms with van der Waals surface area (Å²) in [4.78, 5) is 0.436. The summed E-state index contributed by atoms with van der Waals surface area (Å²) in [6, 6.07) is 6.08. The molecule has 2 nitrogen and oxygen atoms in total. The molecule has 0 bridgehead atoms. The number of nitrogens with one attached hydrogen (secondary N) is 1. The van der Waals surface area contributed by atoms with Crippen LogP contribution in [0.4, 0.5) is 5.69 Å². The molecule has 0 radical (unpaired) electrons. The summed E-state index contributed by atoms with van der Waals surface area (Å²) >= 11 is 5.04. The summed E-state index contributed by atoms with van der Waals surface area (Å²) < 4.78 is 0. The van der Waals surface area contributed by atoms with E-state index >= 15 is 0 Å². The Balaban J connectivity index is 3.12. The molecule has 3 heteroatoms. The van der Waals surface area contributed by atoms with Gasteiger partial charge in [0.05, 0.1) is 0 Å². The maximum atomic E-state index is 5.69. The first-order valence-corrected chi connectivity index (χ1v) is 5.39. The first kappa shape index (κ1) is 12.0. The van der Waals surface area contributed by atoms with Crippen LogP contribution in [-0.2, 0) is 0 Å². The van der Waals surface area contributed by atoms with E-state index in [-0.39, 0.29) is 5.54 Å². The lowest BCUT2D eigenvalue weighted by molar-refractivity contribution is 0.634. The second-order valence-corrected chi connectivity index (χ2v) is 5.23. The molecular weight excluding hydrogens is 204 g/mol. The van der Waals surface area contributed by atoms with Crippen molar-refractivity contribution in [3.63, 3.8) is 0 Å². The average Bonchev–Trinajstić information content (AvgIpc) is 2.05. The largest absolute Gasteiger partial charge is 0.389 e. The van der Waals surface area contributed by atoms with E-state index in [1.807, 2.05) is 19.1 Å². The first-order chi connectivity index (χ1) is 6.79. The van der Waals surface area contributed by atoms with Crippen LogP contribution >= 0.6 is 12.2 Å². The van der Waals surface area contributed by atoms with Gasteiger partial charge in [-0.05, 0) is 39.8 Å². The number of rotatable bonds is 2. The molecule has 0 fully saturated rings. The van der Waals surface area contributed by atoms with Crippen molar-refractivity contribution in [1.29, 1.82) is 0 Å². The smallest absolute Gasteiger partial charge is 0.106 e. The molecule has 0 aliphatic rings. The second kappa shape index (κ2) is 4.19. The van der Waals surface area contributed by atoms with Crippen LogP contribution in [-0.4, -0.2) is 10.5 Å². The van der Waals surface area contributed by atoms with Gasteiger partial charge >= 0.3 is 0 Å². The molecular formula is C12H18N2S. The fourth-order valence-electron chi connectivity index (χ4n) is 1.37. The lowest BCUT2D eigenvalue weighted by Crippen LogP contribution is -2.28. The topological polar surface area (TPSA) is 38.0 Å². The number of nitrogens with two attached hydrogens (primary N) is 1. The minimum Gasteiger partial charge on any atom is -0.389 e. The maximum Gasteiger partial charge on any atom is 0.106 e. The zero-order valence-corrected chi connectivity index (χ0v) is 10.5. The summed E-state index contributed by atoms with van der Waals surface area (Å²) in [5.74, 6) is 0. The van der Waals surface area contributed by atoms with Gasteiger partial charge < -0.3 is 11.1 Å². The van der Waals surface area contributed by atoms with Crippen LogP contribution in [0.1, 0.15) is 31.9 Å². The van der Waals surface area contributed by atoms with Crippen molar-refractivity contribution >= 4 is 22.9 Å². The van der Waals surface area contributed by atoms with E-state index < -0.39 is 0 Å². The van der Waals surface area contributed by atoms with Crippen LogP contribution in [0.5, 0.6) is 0 Å². The van der Waals surface area contributed by atoms with Crippen molar-refractivity contribution in [2.24, 2.45) is 5.73 Å². The third-order valence-corrected chi connectivity index (χ3v) is 2.17. The molecule has 0 atom stereocenters. The Morgan fingerprint density at radius 1 is 1.33 bits per heavy atom. The van der Waals surface area contributed by atoms with Crippen molar-refractivity contribution < 1.29 is 0 Å². The van der Waals surface area contributed by atoms with E-state index in [2.05, 4.69) is 32.2 Å². The third-order valence-electron chi connectivity index (χ3n) is 1.95. The fourth-order valence-corrected chi connectivity index (χ4v) is 1.54. The molecule has 0 aromatic heterocycles. The third kappa shape index (κ3) is 3.51. The molecule has 0 aliphatic carbocycles. The van der Waals surface area contributed by atoms with Crippen LogP contribution in [0.15, 0.2) is 18.2 Å². The molecule has 0 saturated carbocycles. The standard InChI is InChI=1S/C12H18N2S/c1-8-5-6-10(14-12(2,3)4)9(7-8)11(13)15/h5-7,14H,1-4H3,(H2,13,15). The van der Waals surface area contributed by atoms with Gasteiger partial charge in [0.1, 0.15) is 4.99 Å². The highest BCUT2D eigenvalue weighted by Gasteiger charge is 2.13. The number of benzene rings is 1. The van der Waals surface area contributed by atoms with Crippen molar-refractivity contribution in [3.05, 3.63) is 29.3 Å². The molecule has 0 saturated heterocycles. The lowest BCUT2D eigenvalue weighted by Gasteiger charge is -2.24. The van der Waals surface area contributed by atoms with Gasteiger partial charge in [0.15, 0.2) is 0 Å². The molecule has 3 N–H and O–H groups in total. The van der Waals surface area contributed by atoms with Crippen molar-refractivity contribution in [1.82, 2.24) is 0 Å². The van der Waals surface area contributed by atoms with Gasteiger partial charge in [0.2, 0.25) is 0 Å². The Bertz CT molecular complexity index is 378. The van der Waals surface area contributed by atoms with E-state index in [1.165, 1.54) is 0 Å². The SMILES string of the molecule is Cc1ccc(NC(C)(C)C)c(C(N)=S)c1. The Morgan fingerprint density at radius 3 is 2.40 bits per heavy atom. The van der Waals surface area contributed by atoms with Crippen LogP contribution < -0.4 is 11.1 Å². The monoisotopic (exact) mass is 222 g/mol. The van der Waals surface area contributed by atoms with Gasteiger partial charge in [0, 0.05) is 16.8 Å². The Labute approximate surface area is 96.9 Å². The molecule has 0 heterocycles. The molecule has 82 valence electrons. The summed E-state index contributed by atoms with van der Waals surface area (Å²) in [5.41, 5.74) is 8.78. The Kier molecular flexibility index (Phi) is 3.35. The predicted molar refractivity (Wildman–Crippen MR) is 70.4 cm³/mol. The molecule has 0 aliphatic heterocycles. The number of hydrogen-bond acceptors (Lipinski definition) is 2. The van der Waals surface area contributed by atoms with Crippen molar-refractivity contribution in [2.75, 3.05) is 5.32 Å². The minimum atomic E-state index is 0.00872. The number of anilines is 1. The zero-order valence-electron chi connectivity index (χ0n) is 9.72. The fraction of sp³-hybridized carbons (Fsp3) is 0.417. The molecule has 1 aromatic rings.